The maximum Gasteiger partial charge on any atom is 0.178 e. The summed E-state index contributed by atoms with van der Waals surface area (Å²) in [5.74, 6) is 0.0209. The molecule has 1 aromatic carbocycles. The summed E-state index contributed by atoms with van der Waals surface area (Å²) in [7, 11) is -3.53. The molecule has 0 heterocycles. The Morgan fingerprint density at radius 3 is 2.28 bits per heavy atom. The van der Waals surface area contributed by atoms with Crippen molar-refractivity contribution in [2.45, 2.75) is 98.3 Å². The summed E-state index contributed by atoms with van der Waals surface area (Å²) in [4.78, 5) is 28.9. The molecule has 1 aromatic rings. The normalized spacial score (nSPS) is 39.5. The molecule has 0 bridgehead atoms. The van der Waals surface area contributed by atoms with Crippen LogP contribution in [-0.2, 0) is 19.4 Å². The predicted octanol–water partition coefficient (Wildman–Crippen LogP) is 7.62. The molecule has 5 nitrogen and oxygen atoms in total. The first-order valence-electron chi connectivity index (χ1n) is 16.5. The van der Waals surface area contributed by atoms with E-state index in [1.165, 1.54) is 0 Å². The van der Waals surface area contributed by atoms with Crippen LogP contribution in [0.1, 0.15) is 93.4 Å². The van der Waals surface area contributed by atoms with E-state index in [-0.39, 0.29) is 69.6 Å². The van der Waals surface area contributed by atoms with Gasteiger partial charge in [0.05, 0.1) is 16.2 Å². The van der Waals surface area contributed by atoms with Gasteiger partial charge in [0.25, 0.3) is 0 Å². The van der Waals surface area contributed by atoms with E-state index in [1.807, 2.05) is 13.0 Å². The van der Waals surface area contributed by atoms with Gasteiger partial charge in [0.2, 0.25) is 0 Å². The molecule has 4 fully saturated rings. The summed E-state index contributed by atoms with van der Waals surface area (Å²) >= 11 is 0. The molecule has 0 radical (unpaired) electrons. The lowest BCUT2D eigenvalue weighted by molar-refractivity contribution is -0.169. The van der Waals surface area contributed by atoms with Gasteiger partial charge in [-0.15, -0.1) is 0 Å². The molecule has 0 aliphatic heterocycles. The van der Waals surface area contributed by atoms with Crippen LogP contribution in [0.25, 0.3) is 0 Å². The number of nitriles is 1. The number of hydrogen-bond donors (Lipinski definition) is 0. The van der Waals surface area contributed by atoms with Gasteiger partial charge in [0.15, 0.2) is 15.6 Å². The number of Topliss-reactive ketones (excluding diaryl/α,β-unsaturated/α-hetero) is 2. The molecule has 0 aromatic heterocycles. The van der Waals surface area contributed by atoms with E-state index in [0.717, 1.165) is 50.5 Å². The Kier molecular flexibility index (Phi) is 7.06. The summed E-state index contributed by atoms with van der Waals surface area (Å²) in [6.45, 7) is 15.2. The first kappa shape index (κ1) is 30.8. The maximum atomic E-state index is 14.7. The number of nitrogens with zero attached hydrogens (tertiary/aromatic N) is 1. The number of hydrogen-bond acceptors (Lipinski definition) is 5. The molecule has 0 amide bonds. The topological polar surface area (TPSA) is 92.1 Å². The van der Waals surface area contributed by atoms with Crippen molar-refractivity contribution in [1.82, 2.24) is 0 Å². The largest absolute Gasteiger partial charge is 0.299 e. The zero-order chi connectivity index (χ0) is 31.3. The SMILES string of the molecule is CC1C(=O)C(C)(C)C2C(C3=C(C#N)C(=O)C4C(CCC5(CS(=O)(=O)c6ccccc6)CCCCC45)C3CC2(C)C)C1(C)C. The molecule has 43 heavy (non-hydrogen) atoms. The van der Waals surface area contributed by atoms with Gasteiger partial charge in [0, 0.05) is 17.3 Å². The molecule has 0 saturated heterocycles. The molecular weight excluding hydrogens is 554 g/mol. The molecule has 5 aliphatic carbocycles. The van der Waals surface area contributed by atoms with E-state index in [9.17, 15) is 23.3 Å². The number of carbonyl (C=O) groups is 2. The summed E-state index contributed by atoms with van der Waals surface area (Å²) in [6, 6.07) is 11.2. The standard InChI is InChI=1S/C37H49NO4S/c1-22-33(40)36(6,7)32-30(35(22,4)5)28-25(19-34(32,2)3)24-16-18-37(21-43(41,42)23-13-9-8-10-14-23)17-12-11-15-27(37)29(24)31(39)26(28)20-38/h8-10,13-14,22,24-25,27,29-30,32H,11-12,15-19,21H2,1-7H3. The molecule has 0 spiro atoms. The van der Waals surface area contributed by atoms with Crippen molar-refractivity contribution in [2.24, 2.45) is 63.1 Å². The average Bonchev–Trinajstić information content (AvgIpc) is 2.94. The summed E-state index contributed by atoms with van der Waals surface area (Å²) in [5.41, 5.74) is -0.158. The summed E-state index contributed by atoms with van der Waals surface area (Å²) < 4.78 is 27.6. The van der Waals surface area contributed by atoms with Crippen LogP contribution in [0.3, 0.4) is 0 Å². The number of carbonyl (C=O) groups excluding carboxylic acids is 2. The van der Waals surface area contributed by atoms with Gasteiger partial charge in [-0.2, -0.15) is 5.26 Å². The van der Waals surface area contributed by atoms with Crippen LogP contribution in [-0.4, -0.2) is 25.7 Å². The van der Waals surface area contributed by atoms with Crippen molar-refractivity contribution in [3.63, 3.8) is 0 Å². The predicted molar refractivity (Wildman–Crippen MR) is 167 cm³/mol. The minimum atomic E-state index is -3.53. The zero-order valence-electron chi connectivity index (χ0n) is 27.1. The highest BCUT2D eigenvalue weighted by Crippen LogP contribution is 2.70. The summed E-state index contributed by atoms with van der Waals surface area (Å²) in [5, 5.41) is 10.7. The first-order chi connectivity index (χ1) is 20.0. The van der Waals surface area contributed by atoms with E-state index in [1.54, 1.807) is 24.3 Å². The fraction of sp³-hybridized carbons (Fsp3) is 0.703. The number of ketones is 2. The fourth-order valence-corrected chi connectivity index (χ4v) is 13.7. The van der Waals surface area contributed by atoms with Crippen LogP contribution in [0.4, 0.5) is 0 Å². The third-order valence-corrected chi connectivity index (χ3v) is 15.5. The zero-order valence-corrected chi connectivity index (χ0v) is 27.9. The molecule has 5 aliphatic rings. The van der Waals surface area contributed by atoms with Crippen molar-refractivity contribution < 1.29 is 18.0 Å². The van der Waals surface area contributed by atoms with Gasteiger partial charge in [-0.1, -0.05) is 79.5 Å². The third-order valence-electron chi connectivity index (χ3n) is 13.5. The molecule has 232 valence electrons. The smallest absolute Gasteiger partial charge is 0.178 e. The van der Waals surface area contributed by atoms with Crippen molar-refractivity contribution in [3.05, 3.63) is 41.5 Å². The van der Waals surface area contributed by atoms with Gasteiger partial charge in [-0.25, -0.2) is 8.42 Å². The van der Waals surface area contributed by atoms with Gasteiger partial charge < -0.3 is 0 Å². The van der Waals surface area contributed by atoms with Gasteiger partial charge >= 0.3 is 0 Å². The maximum absolute atomic E-state index is 14.7. The van der Waals surface area contributed by atoms with Gasteiger partial charge in [-0.3, -0.25) is 9.59 Å². The van der Waals surface area contributed by atoms with Crippen LogP contribution >= 0.6 is 0 Å². The van der Waals surface area contributed by atoms with Crippen LogP contribution in [0.15, 0.2) is 46.4 Å². The number of sulfone groups is 1. The number of benzene rings is 1. The van der Waals surface area contributed by atoms with E-state index in [4.69, 9.17) is 0 Å². The number of rotatable bonds is 3. The van der Waals surface area contributed by atoms with Crippen molar-refractivity contribution in [3.8, 4) is 6.07 Å². The van der Waals surface area contributed by atoms with Crippen molar-refractivity contribution >= 4 is 21.4 Å². The molecule has 6 rings (SSSR count). The first-order valence-corrected chi connectivity index (χ1v) is 18.2. The Morgan fingerprint density at radius 1 is 0.953 bits per heavy atom. The lowest BCUT2D eigenvalue weighted by Crippen LogP contribution is -2.64. The Labute approximate surface area is 258 Å². The minimum Gasteiger partial charge on any atom is -0.299 e. The van der Waals surface area contributed by atoms with E-state index >= 15 is 0 Å². The van der Waals surface area contributed by atoms with Crippen molar-refractivity contribution in [1.29, 1.82) is 5.26 Å². The van der Waals surface area contributed by atoms with E-state index in [2.05, 4.69) is 47.6 Å². The Bertz CT molecular complexity index is 1530. The highest BCUT2D eigenvalue weighted by atomic mass is 32.2. The lowest BCUT2D eigenvalue weighted by atomic mass is 9.36. The highest BCUT2D eigenvalue weighted by Gasteiger charge is 2.68. The van der Waals surface area contributed by atoms with Crippen LogP contribution in [0.5, 0.6) is 0 Å². The quantitative estimate of drug-likeness (QED) is 0.354. The summed E-state index contributed by atoms with van der Waals surface area (Å²) in [6.07, 6.45) is 6.12. The number of allylic oxidation sites excluding steroid dienone is 2. The number of fused-ring (bicyclic) bond motifs is 7. The Hall–Kier alpha value is -2.26. The lowest BCUT2D eigenvalue weighted by Gasteiger charge is -2.66. The Morgan fingerprint density at radius 2 is 1.63 bits per heavy atom. The van der Waals surface area contributed by atoms with Gasteiger partial charge in [-0.05, 0) is 95.6 Å². The van der Waals surface area contributed by atoms with E-state index < -0.39 is 20.7 Å². The average molecular weight is 604 g/mol. The van der Waals surface area contributed by atoms with Crippen LogP contribution in [0.2, 0.25) is 0 Å². The second kappa shape index (κ2) is 9.87. The van der Waals surface area contributed by atoms with E-state index in [0.29, 0.717) is 10.5 Å². The second-order valence-corrected chi connectivity index (χ2v) is 18.7. The van der Waals surface area contributed by atoms with Crippen LogP contribution in [0, 0.1) is 74.4 Å². The molecule has 6 heteroatoms. The molecule has 8 unspecified atom stereocenters. The second-order valence-electron chi connectivity index (χ2n) is 16.7. The Balaban J connectivity index is 1.48. The molecule has 0 N–H and O–H groups in total. The third kappa shape index (κ3) is 4.30. The van der Waals surface area contributed by atoms with Crippen LogP contribution < -0.4 is 0 Å². The monoisotopic (exact) mass is 603 g/mol. The van der Waals surface area contributed by atoms with Crippen molar-refractivity contribution in [2.75, 3.05) is 5.75 Å². The fourth-order valence-electron chi connectivity index (χ4n) is 11.7. The van der Waals surface area contributed by atoms with Gasteiger partial charge in [0.1, 0.15) is 11.9 Å². The minimum absolute atomic E-state index is 0.0278. The molecule has 4 saturated carbocycles. The molecular formula is C37H49NO4S. The molecule has 8 atom stereocenters. The highest BCUT2D eigenvalue weighted by molar-refractivity contribution is 7.91.